The van der Waals surface area contributed by atoms with Gasteiger partial charge in [0, 0.05) is 6.54 Å². The van der Waals surface area contributed by atoms with Gasteiger partial charge in [-0.05, 0) is 18.6 Å². The molecule has 1 rings (SSSR count). The number of anilines is 1. The minimum absolute atomic E-state index is 0.239. The van der Waals surface area contributed by atoms with Crippen LogP contribution < -0.4 is 10.6 Å². The van der Waals surface area contributed by atoms with Crippen LogP contribution in [0.25, 0.3) is 0 Å². The molecule has 0 fully saturated rings. The SMILES string of the molecule is CCCCCCCCCCNC(=O)c1ccccc1NC(=O)O. The van der Waals surface area contributed by atoms with Crippen molar-refractivity contribution in [3.8, 4) is 0 Å². The van der Waals surface area contributed by atoms with Crippen molar-refractivity contribution in [2.45, 2.75) is 58.3 Å². The van der Waals surface area contributed by atoms with Gasteiger partial charge < -0.3 is 10.4 Å². The maximum atomic E-state index is 12.1. The first kappa shape index (κ1) is 19.0. The third kappa shape index (κ3) is 8.24. The van der Waals surface area contributed by atoms with Crippen LogP contribution in [0.2, 0.25) is 0 Å². The summed E-state index contributed by atoms with van der Waals surface area (Å²) in [4.78, 5) is 22.8. The lowest BCUT2D eigenvalue weighted by molar-refractivity contribution is 0.0954. The molecule has 0 heterocycles. The summed E-state index contributed by atoms with van der Waals surface area (Å²) < 4.78 is 0. The Kier molecular flexibility index (Phi) is 9.52. The lowest BCUT2D eigenvalue weighted by Crippen LogP contribution is -2.26. The zero-order chi connectivity index (χ0) is 16.9. The predicted octanol–water partition coefficient (Wildman–Crippen LogP) is 4.65. The number of carbonyl (C=O) groups excluding carboxylic acids is 1. The van der Waals surface area contributed by atoms with Gasteiger partial charge in [-0.2, -0.15) is 0 Å². The van der Waals surface area contributed by atoms with Crippen LogP contribution in [0, 0.1) is 0 Å². The quantitative estimate of drug-likeness (QED) is 0.519. The largest absolute Gasteiger partial charge is 0.465 e. The molecule has 0 bridgehead atoms. The van der Waals surface area contributed by atoms with Crippen molar-refractivity contribution in [2.24, 2.45) is 0 Å². The van der Waals surface area contributed by atoms with E-state index in [2.05, 4.69) is 17.6 Å². The summed E-state index contributed by atoms with van der Waals surface area (Å²) in [6, 6.07) is 6.62. The van der Waals surface area contributed by atoms with Gasteiger partial charge in [-0.3, -0.25) is 10.1 Å². The van der Waals surface area contributed by atoms with Gasteiger partial charge in [0.15, 0.2) is 0 Å². The Labute approximate surface area is 138 Å². The van der Waals surface area contributed by atoms with Crippen LogP contribution in [0.3, 0.4) is 0 Å². The van der Waals surface area contributed by atoms with Crippen LogP contribution in [0.4, 0.5) is 10.5 Å². The predicted molar refractivity (Wildman–Crippen MR) is 93.0 cm³/mol. The molecular formula is C18H28N2O3. The molecule has 0 spiro atoms. The number of hydrogen-bond acceptors (Lipinski definition) is 2. The number of rotatable bonds is 11. The summed E-state index contributed by atoms with van der Waals surface area (Å²) in [5, 5.41) is 13.9. The van der Waals surface area contributed by atoms with Gasteiger partial charge in [0.1, 0.15) is 0 Å². The lowest BCUT2D eigenvalue weighted by Gasteiger charge is -2.09. The van der Waals surface area contributed by atoms with Gasteiger partial charge in [0.2, 0.25) is 0 Å². The molecule has 1 aromatic carbocycles. The van der Waals surface area contributed by atoms with E-state index in [1.807, 2.05) is 0 Å². The molecule has 0 radical (unpaired) electrons. The molecule has 0 aliphatic rings. The normalized spacial score (nSPS) is 10.3. The summed E-state index contributed by atoms with van der Waals surface area (Å²) in [7, 11) is 0. The Morgan fingerprint density at radius 2 is 1.57 bits per heavy atom. The standard InChI is InChI=1S/C18H28N2O3/c1-2-3-4-5-6-7-8-11-14-19-17(21)15-12-9-10-13-16(15)20-18(22)23/h9-10,12-13,20H,2-8,11,14H2,1H3,(H,19,21)(H,22,23). The fourth-order valence-corrected chi connectivity index (χ4v) is 2.46. The Balaban J connectivity index is 2.23. The molecule has 0 atom stereocenters. The average Bonchev–Trinajstić information content (AvgIpc) is 2.53. The Hall–Kier alpha value is -2.04. The zero-order valence-corrected chi connectivity index (χ0v) is 13.9. The highest BCUT2D eigenvalue weighted by Crippen LogP contribution is 2.15. The van der Waals surface area contributed by atoms with E-state index in [9.17, 15) is 9.59 Å². The van der Waals surface area contributed by atoms with Crippen molar-refractivity contribution in [1.82, 2.24) is 5.32 Å². The molecule has 0 aliphatic carbocycles. The number of hydrogen-bond donors (Lipinski definition) is 3. The summed E-state index contributed by atoms with van der Waals surface area (Å²) in [6.07, 6.45) is 8.57. The van der Waals surface area contributed by atoms with E-state index in [1.165, 1.54) is 38.5 Å². The Bertz CT molecular complexity index is 489. The molecular weight excluding hydrogens is 292 g/mol. The summed E-state index contributed by atoms with van der Waals surface area (Å²) >= 11 is 0. The number of amides is 2. The summed E-state index contributed by atoms with van der Waals surface area (Å²) in [5.41, 5.74) is 0.669. The molecule has 128 valence electrons. The van der Waals surface area contributed by atoms with Crippen LogP contribution in [-0.4, -0.2) is 23.7 Å². The van der Waals surface area contributed by atoms with Gasteiger partial charge >= 0.3 is 6.09 Å². The first-order valence-electron chi connectivity index (χ1n) is 8.52. The van der Waals surface area contributed by atoms with Gasteiger partial charge in [0.05, 0.1) is 11.3 Å². The van der Waals surface area contributed by atoms with E-state index in [0.29, 0.717) is 17.8 Å². The summed E-state index contributed by atoms with van der Waals surface area (Å²) in [6.45, 7) is 2.84. The van der Waals surface area contributed by atoms with Crippen molar-refractivity contribution in [3.63, 3.8) is 0 Å². The first-order valence-corrected chi connectivity index (χ1v) is 8.52. The number of carbonyl (C=O) groups is 2. The van der Waals surface area contributed by atoms with Crippen LogP contribution >= 0.6 is 0 Å². The van der Waals surface area contributed by atoms with Gasteiger partial charge in [-0.1, -0.05) is 64.0 Å². The second-order valence-corrected chi connectivity index (χ2v) is 5.71. The van der Waals surface area contributed by atoms with E-state index in [1.54, 1.807) is 24.3 Å². The number of nitrogens with one attached hydrogen (secondary N) is 2. The molecule has 23 heavy (non-hydrogen) atoms. The van der Waals surface area contributed by atoms with E-state index in [0.717, 1.165) is 12.8 Å². The zero-order valence-electron chi connectivity index (χ0n) is 13.9. The van der Waals surface area contributed by atoms with Crippen LogP contribution in [-0.2, 0) is 0 Å². The van der Waals surface area contributed by atoms with Gasteiger partial charge in [-0.25, -0.2) is 4.79 Å². The third-order valence-electron chi connectivity index (χ3n) is 3.73. The molecule has 2 amide bonds. The minimum Gasteiger partial charge on any atom is -0.465 e. The maximum absolute atomic E-state index is 12.1. The second kappa shape index (κ2) is 11.5. The smallest absolute Gasteiger partial charge is 0.409 e. The van der Waals surface area contributed by atoms with Crippen LogP contribution in [0.15, 0.2) is 24.3 Å². The number of carboxylic acid groups (broad SMARTS) is 1. The van der Waals surface area contributed by atoms with Crippen molar-refractivity contribution >= 4 is 17.7 Å². The molecule has 0 saturated heterocycles. The Morgan fingerprint density at radius 1 is 0.957 bits per heavy atom. The van der Waals surface area contributed by atoms with E-state index in [-0.39, 0.29) is 5.91 Å². The monoisotopic (exact) mass is 320 g/mol. The lowest BCUT2D eigenvalue weighted by atomic mass is 10.1. The number of benzene rings is 1. The highest BCUT2D eigenvalue weighted by molar-refractivity contribution is 6.02. The molecule has 0 unspecified atom stereocenters. The molecule has 1 aromatic rings. The van der Waals surface area contributed by atoms with Crippen LogP contribution in [0.1, 0.15) is 68.6 Å². The van der Waals surface area contributed by atoms with Crippen molar-refractivity contribution in [1.29, 1.82) is 0 Å². The highest BCUT2D eigenvalue weighted by Gasteiger charge is 2.11. The molecule has 0 saturated carbocycles. The highest BCUT2D eigenvalue weighted by atomic mass is 16.4. The maximum Gasteiger partial charge on any atom is 0.409 e. The minimum atomic E-state index is -1.17. The van der Waals surface area contributed by atoms with Gasteiger partial charge in [0.25, 0.3) is 5.91 Å². The van der Waals surface area contributed by atoms with E-state index < -0.39 is 6.09 Å². The molecule has 5 heteroatoms. The van der Waals surface area contributed by atoms with Gasteiger partial charge in [-0.15, -0.1) is 0 Å². The molecule has 3 N–H and O–H groups in total. The third-order valence-corrected chi connectivity index (χ3v) is 3.73. The summed E-state index contributed by atoms with van der Waals surface area (Å²) in [5.74, 6) is -0.239. The molecule has 0 aliphatic heterocycles. The first-order chi connectivity index (χ1) is 11.1. The second-order valence-electron chi connectivity index (χ2n) is 5.71. The van der Waals surface area contributed by atoms with Crippen LogP contribution in [0.5, 0.6) is 0 Å². The van der Waals surface area contributed by atoms with E-state index in [4.69, 9.17) is 5.11 Å². The topological polar surface area (TPSA) is 78.4 Å². The molecule has 0 aromatic heterocycles. The van der Waals surface area contributed by atoms with Crippen molar-refractivity contribution < 1.29 is 14.7 Å². The van der Waals surface area contributed by atoms with Crippen molar-refractivity contribution in [3.05, 3.63) is 29.8 Å². The fourth-order valence-electron chi connectivity index (χ4n) is 2.46. The Morgan fingerprint density at radius 3 is 2.22 bits per heavy atom. The molecule has 5 nitrogen and oxygen atoms in total. The van der Waals surface area contributed by atoms with Crippen molar-refractivity contribution in [2.75, 3.05) is 11.9 Å². The number of para-hydroxylation sites is 1. The van der Waals surface area contributed by atoms with E-state index >= 15 is 0 Å². The number of unbranched alkanes of at least 4 members (excludes halogenated alkanes) is 7. The average molecular weight is 320 g/mol. The fraction of sp³-hybridized carbons (Fsp3) is 0.556.